The quantitative estimate of drug-likeness (QED) is 0.782. The SMILES string of the molecule is CCc1cc(C)cc(OC(=O)NC)c1. The average Bonchev–Trinajstić information content (AvgIpc) is 2.16. The average molecular weight is 193 g/mol. The highest BCUT2D eigenvalue weighted by Crippen LogP contribution is 2.17. The molecule has 0 unspecified atom stereocenters. The molecule has 1 aromatic carbocycles. The molecule has 0 saturated carbocycles. The second kappa shape index (κ2) is 4.65. The minimum absolute atomic E-state index is 0.433. The van der Waals surface area contributed by atoms with Crippen LogP contribution in [0.2, 0.25) is 0 Å². The highest BCUT2D eigenvalue weighted by molar-refractivity contribution is 5.70. The smallest absolute Gasteiger partial charge is 0.410 e. The summed E-state index contributed by atoms with van der Waals surface area (Å²) in [6.07, 6.45) is 0.504. The first-order chi connectivity index (χ1) is 6.65. The third-order valence-electron chi connectivity index (χ3n) is 1.93. The maximum atomic E-state index is 11.0. The molecular weight excluding hydrogens is 178 g/mol. The lowest BCUT2D eigenvalue weighted by Crippen LogP contribution is -2.22. The fourth-order valence-electron chi connectivity index (χ4n) is 1.25. The summed E-state index contributed by atoms with van der Waals surface area (Å²) in [5.41, 5.74) is 2.27. The lowest BCUT2D eigenvalue weighted by atomic mass is 10.1. The van der Waals surface area contributed by atoms with Gasteiger partial charge in [0.25, 0.3) is 0 Å². The van der Waals surface area contributed by atoms with Crippen molar-refractivity contribution in [3.05, 3.63) is 29.3 Å². The number of benzene rings is 1. The summed E-state index contributed by atoms with van der Waals surface area (Å²) in [6, 6.07) is 5.80. The van der Waals surface area contributed by atoms with Gasteiger partial charge in [-0.2, -0.15) is 0 Å². The fourth-order valence-corrected chi connectivity index (χ4v) is 1.25. The maximum Gasteiger partial charge on any atom is 0.412 e. The van der Waals surface area contributed by atoms with Gasteiger partial charge in [-0.25, -0.2) is 4.79 Å². The van der Waals surface area contributed by atoms with Crippen LogP contribution in [0.3, 0.4) is 0 Å². The highest BCUT2D eigenvalue weighted by Gasteiger charge is 2.02. The van der Waals surface area contributed by atoms with Crippen molar-refractivity contribution in [2.75, 3.05) is 7.05 Å². The molecule has 0 fully saturated rings. The van der Waals surface area contributed by atoms with E-state index < -0.39 is 6.09 Å². The van der Waals surface area contributed by atoms with E-state index in [9.17, 15) is 4.79 Å². The summed E-state index contributed by atoms with van der Waals surface area (Å²) < 4.78 is 5.04. The molecule has 0 aromatic heterocycles. The van der Waals surface area contributed by atoms with Gasteiger partial charge in [-0.15, -0.1) is 0 Å². The number of carbonyl (C=O) groups is 1. The van der Waals surface area contributed by atoms with Crippen LogP contribution in [-0.4, -0.2) is 13.1 Å². The van der Waals surface area contributed by atoms with Crippen molar-refractivity contribution >= 4 is 6.09 Å². The number of amides is 1. The molecule has 0 spiro atoms. The van der Waals surface area contributed by atoms with E-state index >= 15 is 0 Å². The van der Waals surface area contributed by atoms with Crippen LogP contribution in [0.15, 0.2) is 18.2 Å². The maximum absolute atomic E-state index is 11.0. The standard InChI is InChI=1S/C11H15NO2/c1-4-9-5-8(2)6-10(7-9)14-11(13)12-3/h5-7H,4H2,1-3H3,(H,12,13). The van der Waals surface area contributed by atoms with Crippen LogP contribution in [-0.2, 0) is 6.42 Å². The molecule has 0 heterocycles. The van der Waals surface area contributed by atoms with Crippen LogP contribution in [0.4, 0.5) is 4.79 Å². The first-order valence-corrected chi connectivity index (χ1v) is 4.66. The molecular formula is C11H15NO2. The Hall–Kier alpha value is -1.51. The molecule has 0 atom stereocenters. The van der Waals surface area contributed by atoms with Crippen LogP contribution in [0.5, 0.6) is 5.75 Å². The molecule has 0 aliphatic carbocycles. The largest absolute Gasteiger partial charge is 0.412 e. The lowest BCUT2D eigenvalue weighted by Gasteiger charge is -2.06. The van der Waals surface area contributed by atoms with Crippen molar-refractivity contribution < 1.29 is 9.53 Å². The van der Waals surface area contributed by atoms with Gasteiger partial charge in [0.05, 0.1) is 0 Å². The summed E-state index contributed by atoms with van der Waals surface area (Å²) in [7, 11) is 1.54. The van der Waals surface area contributed by atoms with E-state index in [1.54, 1.807) is 7.05 Å². The summed E-state index contributed by atoms with van der Waals surface area (Å²) in [4.78, 5) is 11.0. The van der Waals surface area contributed by atoms with E-state index in [0.29, 0.717) is 5.75 Å². The van der Waals surface area contributed by atoms with Crippen LogP contribution in [0.1, 0.15) is 18.1 Å². The molecule has 3 heteroatoms. The second-order valence-corrected chi connectivity index (χ2v) is 3.15. The third-order valence-corrected chi connectivity index (χ3v) is 1.93. The molecule has 0 bridgehead atoms. The molecule has 14 heavy (non-hydrogen) atoms. The molecule has 1 rings (SSSR count). The number of nitrogens with one attached hydrogen (secondary N) is 1. The minimum atomic E-state index is -0.433. The predicted octanol–water partition coefficient (Wildman–Crippen LogP) is 2.28. The zero-order valence-corrected chi connectivity index (χ0v) is 8.76. The molecule has 0 saturated heterocycles. The Morgan fingerprint density at radius 1 is 1.43 bits per heavy atom. The Morgan fingerprint density at radius 3 is 2.71 bits per heavy atom. The summed E-state index contributed by atoms with van der Waals surface area (Å²) in [5.74, 6) is 0.598. The van der Waals surface area contributed by atoms with Crippen molar-refractivity contribution in [2.24, 2.45) is 0 Å². The van der Waals surface area contributed by atoms with Gasteiger partial charge in [0.1, 0.15) is 5.75 Å². The van der Waals surface area contributed by atoms with Gasteiger partial charge in [-0.05, 0) is 36.6 Å². The van der Waals surface area contributed by atoms with Gasteiger partial charge in [0.15, 0.2) is 0 Å². The molecule has 3 nitrogen and oxygen atoms in total. The van der Waals surface area contributed by atoms with Gasteiger partial charge in [0.2, 0.25) is 0 Å². The monoisotopic (exact) mass is 193 g/mol. The predicted molar refractivity (Wildman–Crippen MR) is 55.6 cm³/mol. The second-order valence-electron chi connectivity index (χ2n) is 3.15. The Bertz CT molecular complexity index is 334. The molecule has 0 aliphatic rings. The molecule has 76 valence electrons. The van der Waals surface area contributed by atoms with E-state index in [2.05, 4.69) is 18.3 Å². The van der Waals surface area contributed by atoms with Gasteiger partial charge in [-0.3, -0.25) is 0 Å². The first kappa shape index (κ1) is 10.6. The lowest BCUT2D eigenvalue weighted by molar-refractivity contribution is 0.203. The summed E-state index contributed by atoms with van der Waals surface area (Å²) in [6.45, 7) is 4.05. The van der Waals surface area contributed by atoms with Gasteiger partial charge in [-0.1, -0.05) is 13.0 Å². The third kappa shape index (κ3) is 2.76. The Kier molecular flexibility index (Phi) is 3.51. The van der Waals surface area contributed by atoms with Crippen LogP contribution in [0, 0.1) is 6.92 Å². The molecule has 1 aromatic rings. The van der Waals surface area contributed by atoms with Crippen molar-refractivity contribution in [3.8, 4) is 5.75 Å². The molecule has 0 aliphatic heterocycles. The van der Waals surface area contributed by atoms with Crippen molar-refractivity contribution in [3.63, 3.8) is 0 Å². The normalized spacial score (nSPS) is 9.64. The molecule has 0 radical (unpaired) electrons. The van der Waals surface area contributed by atoms with E-state index in [4.69, 9.17) is 4.74 Å². The Morgan fingerprint density at radius 2 is 2.14 bits per heavy atom. The van der Waals surface area contributed by atoms with Crippen molar-refractivity contribution in [1.82, 2.24) is 5.32 Å². The number of ether oxygens (including phenoxy) is 1. The number of hydrogen-bond donors (Lipinski definition) is 1. The minimum Gasteiger partial charge on any atom is -0.410 e. The summed E-state index contributed by atoms with van der Waals surface area (Å²) >= 11 is 0. The highest BCUT2D eigenvalue weighted by atomic mass is 16.5. The van der Waals surface area contributed by atoms with Gasteiger partial charge >= 0.3 is 6.09 Å². The fraction of sp³-hybridized carbons (Fsp3) is 0.364. The first-order valence-electron chi connectivity index (χ1n) is 4.66. The van der Waals surface area contributed by atoms with E-state index in [1.165, 1.54) is 5.56 Å². The van der Waals surface area contributed by atoms with E-state index in [1.807, 2.05) is 19.1 Å². The Balaban J connectivity index is 2.86. The Labute approximate surface area is 84.1 Å². The number of hydrogen-bond acceptors (Lipinski definition) is 2. The molecule has 1 N–H and O–H groups in total. The van der Waals surface area contributed by atoms with E-state index in [-0.39, 0.29) is 0 Å². The van der Waals surface area contributed by atoms with Crippen molar-refractivity contribution in [2.45, 2.75) is 20.3 Å². The zero-order chi connectivity index (χ0) is 10.6. The number of aryl methyl sites for hydroxylation is 2. The molecule has 1 amide bonds. The number of carbonyl (C=O) groups excluding carboxylic acids is 1. The van der Waals surface area contributed by atoms with Crippen LogP contribution >= 0.6 is 0 Å². The van der Waals surface area contributed by atoms with Gasteiger partial charge in [0, 0.05) is 7.05 Å². The van der Waals surface area contributed by atoms with E-state index in [0.717, 1.165) is 12.0 Å². The topological polar surface area (TPSA) is 38.3 Å². The van der Waals surface area contributed by atoms with Gasteiger partial charge < -0.3 is 10.1 Å². The summed E-state index contributed by atoms with van der Waals surface area (Å²) in [5, 5.41) is 2.41. The van der Waals surface area contributed by atoms with Crippen molar-refractivity contribution in [1.29, 1.82) is 0 Å². The van der Waals surface area contributed by atoms with Crippen LogP contribution < -0.4 is 10.1 Å². The number of rotatable bonds is 2. The zero-order valence-electron chi connectivity index (χ0n) is 8.76. The van der Waals surface area contributed by atoms with Crippen LogP contribution in [0.25, 0.3) is 0 Å².